The largest absolute Gasteiger partial charge is 0.144 e. The third-order valence-electron chi connectivity index (χ3n) is 1.86. The quantitative estimate of drug-likeness (QED) is 0.670. The molecule has 1 aromatic heterocycles. The summed E-state index contributed by atoms with van der Waals surface area (Å²) >= 11 is 6.09. The van der Waals surface area contributed by atoms with Crippen molar-refractivity contribution in [2.24, 2.45) is 0 Å². The van der Waals surface area contributed by atoms with Crippen LogP contribution in [-0.2, 0) is 0 Å². The van der Waals surface area contributed by atoms with Crippen molar-refractivity contribution in [1.29, 1.82) is 0 Å². The minimum atomic E-state index is 1.02. The third kappa shape index (κ3) is 1.95. The zero-order chi connectivity index (χ0) is 9.26. The van der Waals surface area contributed by atoms with E-state index in [9.17, 15) is 0 Å². The lowest BCUT2D eigenvalue weighted by molar-refractivity contribution is 1.48. The summed E-state index contributed by atoms with van der Waals surface area (Å²) in [6.45, 7) is 2.12. The molecule has 0 N–H and O–H groups in total. The van der Waals surface area contributed by atoms with Crippen molar-refractivity contribution in [1.82, 2.24) is 0 Å². The van der Waals surface area contributed by atoms with Gasteiger partial charge in [-0.05, 0) is 41.6 Å². The van der Waals surface area contributed by atoms with E-state index >= 15 is 0 Å². The molecule has 0 fully saturated rings. The van der Waals surface area contributed by atoms with E-state index in [1.807, 2.05) is 12.1 Å². The summed E-state index contributed by atoms with van der Waals surface area (Å²) in [5.41, 5.74) is 2.58. The molecule has 0 amide bonds. The standard InChI is InChI=1S/C11H10S2/c1-8-5-11(13-7-8)9-3-2-4-10(12)6-9/h2-7,12H,1H3. The van der Waals surface area contributed by atoms with Gasteiger partial charge in [0.2, 0.25) is 0 Å². The van der Waals surface area contributed by atoms with Crippen LogP contribution in [0.1, 0.15) is 5.56 Å². The minimum absolute atomic E-state index is 1.02. The topological polar surface area (TPSA) is 0 Å². The molecule has 0 saturated carbocycles. The van der Waals surface area contributed by atoms with Crippen LogP contribution in [0.3, 0.4) is 0 Å². The molecule has 0 bridgehead atoms. The van der Waals surface area contributed by atoms with E-state index in [2.05, 4.69) is 43.1 Å². The van der Waals surface area contributed by atoms with Crippen LogP contribution in [0.2, 0.25) is 0 Å². The average molecular weight is 206 g/mol. The summed E-state index contributed by atoms with van der Waals surface area (Å²) in [7, 11) is 0. The van der Waals surface area contributed by atoms with Gasteiger partial charge in [0.1, 0.15) is 0 Å². The van der Waals surface area contributed by atoms with E-state index in [1.54, 1.807) is 11.3 Å². The van der Waals surface area contributed by atoms with Gasteiger partial charge < -0.3 is 0 Å². The number of benzene rings is 1. The average Bonchev–Trinajstić information content (AvgIpc) is 2.52. The smallest absolute Gasteiger partial charge is 0.0345 e. The van der Waals surface area contributed by atoms with Gasteiger partial charge in [-0.25, -0.2) is 0 Å². The first-order chi connectivity index (χ1) is 6.25. The molecule has 0 atom stereocenters. The number of aryl methyl sites for hydroxylation is 1. The minimum Gasteiger partial charge on any atom is -0.144 e. The first-order valence-electron chi connectivity index (χ1n) is 4.10. The van der Waals surface area contributed by atoms with Gasteiger partial charge in [-0.15, -0.1) is 24.0 Å². The highest BCUT2D eigenvalue weighted by atomic mass is 32.1. The Balaban J connectivity index is 2.46. The Kier molecular flexibility index (Phi) is 2.42. The Hall–Kier alpha value is -0.730. The monoisotopic (exact) mass is 206 g/mol. The van der Waals surface area contributed by atoms with Crippen LogP contribution in [0, 0.1) is 6.92 Å². The molecule has 13 heavy (non-hydrogen) atoms. The van der Waals surface area contributed by atoms with Crippen molar-refractivity contribution < 1.29 is 0 Å². The SMILES string of the molecule is Cc1csc(-c2cccc(S)c2)c1. The van der Waals surface area contributed by atoms with E-state index in [1.165, 1.54) is 16.0 Å². The molecule has 2 rings (SSSR count). The van der Waals surface area contributed by atoms with Crippen LogP contribution in [0.15, 0.2) is 40.6 Å². The summed E-state index contributed by atoms with van der Waals surface area (Å²) in [6, 6.07) is 10.4. The first kappa shape index (κ1) is 8.85. The Morgan fingerprint density at radius 3 is 2.69 bits per heavy atom. The first-order valence-corrected chi connectivity index (χ1v) is 5.43. The Morgan fingerprint density at radius 1 is 1.23 bits per heavy atom. The second kappa shape index (κ2) is 3.56. The zero-order valence-corrected chi connectivity index (χ0v) is 9.03. The molecule has 0 aliphatic heterocycles. The van der Waals surface area contributed by atoms with Crippen molar-refractivity contribution in [3.63, 3.8) is 0 Å². The summed E-state index contributed by atoms with van der Waals surface area (Å²) in [6.07, 6.45) is 0. The van der Waals surface area contributed by atoms with Gasteiger partial charge in [-0.3, -0.25) is 0 Å². The van der Waals surface area contributed by atoms with Crippen molar-refractivity contribution in [3.8, 4) is 10.4 Å². The van der Waals surface area contributed by atoms with Crippen LogP contribution in [0.5, 0.6) is 0 Å². The normalized spacial score (nSPS) is 10.3. The summed E-state index contributed by atoms with van der Waals surface area (Å²) in [4.78, 5) is 2.33. The molecule has 0 aliphatic rings. The maximum absolute atomic E-state index is 4.32. The molecule has 0 spiro atoms. The molecule has 0 nitrogen and oxygen atoms in total. The highest BCUT2D eigenvalue weighted by Gasteiger charge is 1.99. The fraction of sp³-hybridized carbons (Fsp3) is 0.0909. The number of rotatable bonds is 1. The second-order valence-corrected chi connectivity index (χ2v) is 4.47. The molecule has 2 aromatic rings. The zero-order valence-electron chi connectivity index (χ0n) is 7.32. The van der Waals surface area contributed by atoms with Crippen molar-refractivity contribution >= 4 is 24.0 Å². The lowest BCUT2D eigenvalue weighted by Gasteiger charge is -1.97. The van der Waals surface area contributed by atoms with Gasteiger partial charge in [-0.2, -0.15) is 0 Å². The van der Waals surface area contributed by atoms with E-state index in [4.69, 9.17) is 0 Å². The molecule has 0 unspecified atom stereocenters. The van der Waals surface area contributed by atoms with Crippen LogP contribution in [0.25, 0.3) is 10.4 Å². The van der Waals surface area contributed by atoms with Gasteiger partial charge in [-0.1, -0.05) is 12.1 Å². The highest BCUT2D eigenvalue weighted by molar-refractivity contribution is 7.80. The highest BCUT2D eigenvalue weighted by Crippen LogP contribution is 2.27. The molecular formula is C11H10S2. The third-order valence-corrected chi connectivity index (χ3v) is 3.24. The van der Waals surface area contributed by atoms with Crippen LogP contribution < -0.4 is 0 Å². The van der Waals surface area contributed by atoms with Gasteiger partial charge in [0, 0.05) is 9.77 Å². The molecule has 0 aliphatic carbocycles. The van der Waals surface area contributed by atoms with Crippen molar-refractivity contribution in [3.05, 3.63) is 41.3 Å². The Bertz CT molecular complexity index is 416. The van der Waals surface area contributed by atoms with Gasteiger partial charge >= 0.3 is 0 Å². The second-order valence-electron chi connectivity index (χ2n) is 3.04. The Morgan fingerprint density at radius 2 is 2.08 bits per heavy atom. The number of hydrogen-bond acceptors (Lipinski definition) is 2. The van der Waals surface area contributed by atoms with E-state index in [0.29, 0.717) is 0 Å². The molecule has 66 valence electrons. The van der Waals surface area contributed by atoms with Gasteiger partial charge in [0.15, 0.2) is 0 Å². The lowest BCUT2D eigenvalue weighted by atomic mass is 10.2. The maximum atomic E-state index is 4.32. The predicted molar refractivity (Wildman–Crippen MR) is 61.7 cm³/mol. The number of hydrogen-bond donors (Lipinski definition) is 1. The van der Waals surface area contributed by atoms with Crippen molar-refractivity contribution in [2.45, 2.75) is 11.8 Å². The number of thiophene rings is 1. The fourth-order valence-corrected chi connectivity index (χ4v) is 2.36. The van der Waals surface area contributed by atoms with Gasteiger partial charge in [0.25, 0.3) is 0 Å². The molecule has 0 radical (unpaired) electrons. The molecule has 1 aromatic carbocycles. The molecule has 0 saturated heterocycles. The van der Waals surface area contributed by atoms with Crippen LogP contribution in [-0.4, -0.2) is 0 Å². The summed E-state index contributed by atoms with van der Waals surface area (Å²) < 4.78 is 0. The van der Waals surface area contributed by atoms with E-state index in [0.717, 1.165) is 4.90 Å². The molecule has 1 heterocycles. The lowest BCUT2D eigenvalue weighted by Crippen LogP contribution is -1.71. The molecule has 2 heteroatoms. The van der Waals surface area contributed by atoms with Crippen molar-refractivity contribution in [2.75, 3.05) is 0 Å². The fourth-order valence-electron chi connectivity index (χ4n) is 1.24. The maximum Gasteiger partial charge on any atom is 0.0345 e. The van der Waals surface area contributed by atoms with Gasteiger partial charge in [0.05, 0.1) is 0 Å². The predicted octanol–water partition coefficient (Wildman–Crippen LogP) is 4.01. The molecular weight excluding hydrogens is 196 g/mol. The summed E-state index contributed by atoms with van der Waals surface area (Å²) in [5.74, 6) is 0. The van der Waals surface area contributed by atoms with Crippen LogP contribution >= 0.6 is 24.0 Å². The van der Waals surface area contributed by atoms with Crippen LogP contribution in [0.4, 0.5) is 0 Å². The summed E-state index contributed by atoms with van der Waals surface area (Å²) in [5, 5.41) is 2.17. The van der Waals surface area contributed by atoms with E-state index in [-0.39, 0.29) is 0 Å². The number of thiol groups is 1. The Labute approximate surface area is 87.6 Å². The van der Waals surface area contributed by atoms with E-state index < -0.39 is 0 Å².